The Bertz CT molecular complexity index is 579. The number of nitro groups is 1. The quantitative estimate of drug-likeness (QED) is 0.658. The van der Waals surface area contributed by atoms with Crippen molar-refractivity contribution in [2.75, 3.05) is 5.32 Å². The van der Waals surface area contributed by atoms with Gasteiger partial charge < -0.3 is 9.73 Å². The first-order valence-electron chi connectivity index (χ1n) is 5.32. The molecule has 0 radical (unpaired) electrons. The largest absolute Gasteiger partial charge is 0.444 e. The van der Waals surface area contributed by atoms with E-state index < -0.39 is 4.92 Å². The first kappa shape index (κ1) is 12.0. The lowest BCUT2D eigenvalue weighted by Gasteiger charge is -2.04. The Morgan fingerprint density at radius 2 is 2.17 bits per heavy atom. The summed E-state index contributed by atoms with van der Waals surface area (Å²) in [5.41, 5.74) is 0.564. The van der Waals surface area contributed by atoms with Gasteiger partial charge in [0.1, 0.15) is 17.8 Å². The van der Waals surface area contributed by atoms with E-state index in [1.165, 1.54) is 6.20 Å². The van der Waals surface area contributed by atoms with Gasteiger partial charge in [-0.3, -0.25) is 10.1 Å². The van der Waals surface area contributed by atoms with E-state index >= 15 is 0 Å². The number of pyridine rings is 1. The molecular weight excluding hydrogens is 236 g/mol. The Hall–Kier alpha value is -2.44. The molecule has 7 nitrogen and oxygen atoms in total. The van der Waals surface area contributed by atoms with Gasteiger partial charge in [0.05, 0.1) is 17.7 Å². The Morgan fingerprint density at radius 1 is 1.39 bits per heavy atom. The summed E-state index contributed by atoms with van der Waals surface area (Å²) in [5, 5.41) is 13.6. The van der Waals surface area contributed by atoms with Gasteiger partial charge >= 0.3 is 0 Å². The maximum Gasteiger partial charge on any atom is 0.290 e. The van der Waals surface area contributed by atoms with Crippen LogP contribution in [0.1, 0.15) is 17.2 Å². The average molecular weight is 248 g/mol. The lowest BCUT2D eigenvalue weighted by Crippen LogP contribution is -2.03. The molecule has 0 spiro atoms. The Kier molecular flexibility index (Phi) is 3.22. The predicted octanol–water partition coefficient (Wildman–Crippen LogP) is 2.21. The van der Waals surface area contributed by atoms with Crippen molar-refractivity contribution in [3.63, 3.8) is 0 Å². The van der Waals surface area contributed by atoms with Crippen molar-refractivity contribution >= 4 is 11.5 Å². The van der Waals surface area contributed by atoms with Gasteiger partial charge in [-0.15, -0.1) is 0 Å². The van der Waals surface area contributed by atoms with Crippen molar-refractivity contribution in [2.45, 2.75) is 20.4 Å². The lowest BCUT2D eigenvalue weighted by molar-refractivity contribution is -0.385. The fourth-order valence-electron chi connectivity index (χ4n) is 1.49. The van der Waals surface area contributed by atoms with Crippen molar-refractivity contribution in [3.8, 4) is 0 Å². The number of anilines is 1. The number of hydrogen-bond donors (Lipinski definition) is 1. The number of nitrogens with one attached hydrogen (secondary N) is 1. The number of aryl methyl sites for hydroxylation is 2. The van der Waals surface area contributed by atoms with Gasteiger partial charge in [-0.2, -0.15) is 0 Å². The average Bonchev–Trinajstić information content (AvgIpc) is 2.72. The number of nitrogens with zero attached hydrogens (tertiary/aromatic N) is 3. The molecule has 2 aromatic heterocycles. The summed E-state index contributed by atoms with van der Waals surface area (Å²) in [6, 6.07) is 1.62. The van der Waals surface area contributed by atoms with Gasteiger partial charge in [0.25, 0.3) is 5.69 Å². The fraction of sp³-hybridized carbons (Fsp3) is 0.273. The van der Waals surface area contributed by atoms with E-state index in [2.05, 4.69) is 15.3 Å². The molecule has 1 N–H and O–H groups in total. The maximum absolute atomic E-state index is 10.6. The zero-order valence-electron chi connectivity index (χ0n) is 10.0. The second kappa shape index (κ2) is 4.82. The third kappa shape index (κ3) is 2.62. The highest BCUT2D eigenvalue weighted by atomic mass is 16.6. The van der Waals surface area contributed by atoms with E-state index in [1.54, 1.807) is 19.2 Å². The normalized spacial score (nSPS) is 10.3. The molecular formula is C11H12N4O3. The Morgan fingerprint density at radius 3 is 2.72 bits per heavy atom. The molecule has 0 saturated heterocycles. The minimum Gasteiger partial charge on any atom is -0.444 e. The molecule has 0 unspecified atom stereocenters. The van der Waals surface area contributed by atoms with Crippen LogP contribution in [0.15, 0.2) is 22.9 Å². The standard InChI is InChI=1S/C11H12N4O3/c1-7-3-10(12-5-9(7)15(16)17)13-6-11-14-4-8(2)18-11/h3-5H,6H2,1-2H3,(H,12,13). The zero-order chi connectivity index (χ0) is 13.1. The second-order valence-corrected chi connectivity index (χ2v) is 3.83. The smallest absolute Gasteiger partial charge is 0.290 e. The first-order valence-corrected chi connectivity index (χ1v) is 5.32. The summed E-state index contributed by atoms with van der Waals surface area (Å²) < 4.78 is 5.29. The molecule has 0 bridgehead atoms. The molecule has 0 saturated carbocycles. The summed E-state index contributed by atoms with van der Waals surface area (Å²) in [4.78, 5) is 18.2. The molecule has 0 aliphatic heterocycles. The fourth-order valence-corrected chi connectivity index (χ4v) is 1.49. The van der Waals surface area contributed by atoms with E-state index in [9.17, 15) is 10.1 Å². The molecule has 0 aliphatic carbocycles. The summed E-state index contributed by atoms with van der Waals surface area (Å²) >= 11 is 0. The first-order chi connectivity index (χ1) is 8.56. The van der Waals surface area contributed by atoms with Crippen molar-refractivity contribution < 1.29 is 9.34 Å². The highest BCUT2D eigenvalue weighted by Crippen LogP contribution is 2.19. The SMILES string of the molecule is Cc1cnc(CNc2cc(C)c([N+](=O)[O-])cn2)o1. The van der Waals surface area contributed by atoms with Gasteiger partial charge in [0.2, 0.25) is 5.89 Å². The molecule has 18 heavy (non-hydrogen) atoms. The number of aromatic nitrogens is 2. The van der Waals surface area contributed by atoms with E-state index in [1.807, 2.05) is 6.92 Å². The Balaban J connectivity index is 2.06. The van der Waals surface area contributed by atoms with Gasteiger partial charge in [0.15, 0.2) is 0 Å². The molecule has 0 amide bonds. The summed E-state index contributed by atoms with van der Waals surface area (Å²) in [6.07, 6.45) is 2.87. The van der Waals surface area contributed by atoms with Gasteiger partial charge in [-0.25, -0.2) is 9.97 Å². The number of hydrogen-bond acceptors (Lipinski definition) is 6. The van der Waals surface area contributed by atoms with Crippen LogP contribution in [-0.4, -0.2) is 14.9 Å². The van der Waals surface area contributed by atoms with Crippen molar-refractivity contribution in [2.24, 2.45) is 0 Å². The van der Waals surface area contributed by atoms with Crippen LogP contribution in [-0.2, 0) is 6.54 Å². The van der Waals surface area contributed by atoms with Crippen LogP contribution in [0.25, 0.3) is 0 Å². The van der Waals surface area contributed by atoms with Crippen LogP contribution >= 0.6 is 0 Å². The van der Waals surface area contributed by atoms with E-state index in [-0.39, 0.29) is 5.69 Å². The van der Waals surface area contributed by atoms with Gasteiger partial charge in [0, 0.05) is 5.56 Å². The molecule has 94 valence electrons. The second-order valence-electron chi connectivity index (χ2n) is 3.83. The van der Waals surface area contributed by atoms with E-state index in [0.717, 1.165) is 5.76 Å². The monoisotopic (exact) mass is 248 g/mol. The summed E-state index contributed by atoms with van der Waals surface area (Å²) in [5.74, 6) is 1.83. The predicted molar refractivity (Wildman–Crippen MR) is 64.2 cm³/mol. The highest BCUT2D eigenvalue weighted by Gasteiger charge is 2.11. The molecule has 2 heterocycles. The van der Waals surface area contributed by atoms with Gasteiger partial charge in [-0.05, 0) is 19.9 Å². The van der Waals surface area contributed by atoms with Gasteiger partial charge in [-0.1, -0.05) is 0 Å². The maximum atomic E-state index is 10.6. The van der Waals surface area contributed by atoms with Crippen LogP contribution in [0.4, 0.5) is 11.5 Å². The molecule has 2 rings (SSSR count). The minimum absolute atomic E-state index is 0.00696. The molecule has 7 heteroatoms. The molecule has 0 fully saturated rings. The summed E-state index contributed by atoms with van der Waals surface area (Å²) in [7, 11) is 0. The third-order valence-corrected chi connectivity index (χ3v) is 2.37. The van der Waals surface area contributed by atoms with Crippen molar-refractivity contribution in [3.05, 3.63) is 45.8 Å². The topological polar surface area (TPSA) is 94.1 Å². The van der Waals surface area contributed by atoms with Crippen molar-refractivity contribution in [1.29, 1.82) is 0 Å². The van der Waals surface area contributed by atoms with Crippen LogP contribution in [0, 0.1) is 24.0 Å². The van der Waals surface area contributed by atoms with Crippen molar-refractivity contribution in [1.82, 2.24) is 9.97 Å². The van der Waals surface area contributed by atoms with E-state index in [0.29, 0.717) is 23.8 Å². The van der Waals surface area contributed by atoms with E-state index in [4.69, 9.17) is 4.42 Å². The van der Waals surface area contributed by atoms with Crippen LogP contribution in [0.5, 0.6) is 0 Å². The Labute approximate surface area is 103 Å². The zero-order valence-corrected chi connectivity index (χ0v) is 10.0. The molecule has 2 aromatic rings. The third-order valence-electron chi connectivity index (χ3n) is 2.37. The molecule has 0 aromatic carbocycles. The van der Waals surface area contributed by atoms with Crippen LogP contribution in [0.3, 0.4) is 0 Å². The summed E-state index contributed by atoms with van der Waals surface area (Å²) in [6.45, 7) is 3.86. The molecule has 0 aliphatic rings. The molecule has 0 atom stereocenters. The highest BCUT2D eigenvalue weighted by molar-refractivity contribution is 5.46. The lowest BCUT2D eigenvalue weighted by atomic mass is 10.2. The van der Waals surface area contributed by atoms with Crippen LogP contribution < -0.4 is 5.32 Å². The number of rotatable bonds is 4. The van der Waals surface area contributed by atoms with Crippen LogP contribution in [0.2, 0.25) is 0 Å². The number of oxazole rings is 1. The minimum atomic E-state index is -0.455.